The smallest absolute Gasteiger partial charge is 0.410 e. The van der Waals surface area contributed by atoms with E-state index < -0.39 is 5.60 Å². The summed E-state index contributed by atoms with van der Waals surface area (Å²) in [5.41, 5.74) is 2.59. The zero-order chi connectivity index (χ0) is 23.2. The molecule has 0 radical (unpaired) electrons. The Morgan fingerprint density at radius 1 is 1.22 bits per heavy atom. The lowest BCUT2D eigenvalue weighted by molar-refractivity contribution is 0.0117. The number of amides is 1. The maximum Gasteiger partial charge on any atom is 0.410 e. The van der Waals surface area contributed by atoms with Gasteiger partial charge in [-0.15, -0.1) is 11.8 Å². The number of halogens is 2. The molecule has 2 heterocycles. The van der Waals surface area contributed by atoms with Crippen LogP contribution in [-0.2, 0) is 4.74 Å². The molecular formula is C25H29Cl2NO3S. The maximum atomic E-state index is 12.7. The van der Waals surface area contributed by atoms with Crippen LogP contribution in [0.15, 0.2) is 35.2 Å². The molecule has 1 amide bonds. The topological polar surface area (TPSA) is 38.8 Å². The van der Waals surface area contributed by atoms with Crippen LogP contribution in [0.25, 0.3) is 11.1 Å². The van der Waals surface area contributed by atoms with Crippen LogP contribution in [0.5, 0.6) is 5.75 Å². The SMILES string of the molecule is CC(C)Sc1cc(-c2ccc(Cl)cc2Cl)cc2c1OC1CCN(C(=O)OC(C)(C)C)CC21. The molecule has 2 aromatic rings. The second-order valence-electron chi connectivity index (χ2n) is 9.66. The van der Waals surface area contributed by atoms with Crippen molar-refractivity contribution in [3.8, 4) is 16.9 Å². The average molecular weight is 494 g/mol. The molecule has 2 aromatic carbocycles. The predicted molar refractivity (Wildman–Crippen MR) is 132 cm³/mol. The van der Waals surface area contributed by atoms with Gasteiger partial charge < -0.3 is 14.4 Å². The summed E-state index contributed by atoms with van der Waals surface area (Å²) in [6.07, 6.45) is 0.575. The fraction of sp³-hybridized carbons (Fsp3) is 0.480. The molecule has 0 saturated carbocycles. The first-order chi connectivity index (χ1) is 15.0. The van der Waals surface area contributed by atoms with Crippen LogP contribution in [0, 0.1) is 0 Å². The lowest BCUT2D eigenvalue weighted by Crippen LogP contribution is -2.46. The third-order valence-electron chi connectivity index (χ3n) is 5.56. The van der Waals surface area contributed by atoms with Crippen LogP contribution in [0.1, 0.15) is 52.5 Å². The third kappa shape index (κ3) is 5.00. The summed E-state index contributed by atoms with van der Waals surface area (Å²) in [6, 6.07) is 9.90. The summed E-state index contributed by atoms with van der Waals surface area (Å²) >= 11 is 14.5. The Balaban J connectivity index is 1.71. The molecule has 32 heavy (non-hydrogen) atoms. The summed E-state index contributed by atoms with van der Waals surface area (Å²) in [5.74, 6) is 1.04. The minimum atomic E-state index is -0.516. The number of hydrogen-bond donors (Lipinski definition) is 0. The molecule has 0 bridgehead atoms. The minimum absolute atomic E-state index is 0.0612. The Morgan fingerprint density at radius 2 is 1.97 bits per heavy atom. The molecular weight excluding hydrogens is 465 g/mol. The minimum Gasteiger partial charge on any atom is -0.488 e. The van der Waals surface area contributed by atoms with Crippen molar-refractivity contribution in [2.45, 2.75) is 68.8 Å². The van der Waals surface area contributed by atoms with Crippen LogP contribution >= 0.6 is 35.0 Å². The first-order valence-electron chi connectivity index (χ1n) is 11.0. The average Bonchev–Trinajstić information content (AvgIpc) is 3.04. The number of thioether (sulfide) groups is 1. The largest absolute Gasteiger partial charge is 0.488 e. The van der Waals surface area contributed by atoms with Crippen LogP contribution in [-0.4, -0.2) is 41.0 Å². The number of rotatable bonds is 3. The van der Waals surface area contributed by atoms with Crippen molar-refractivity contribution in [1.29, 1.82) is 0 Å². The van der Waals surface area contributed by atoms with E-state index in [-0.39, 0.29) is 18.1 Å². The van der Waals surface area contributed by atoms with Gasteiger partial charge in [-0.3, -0.25) is 0 Å². The molecule has 172 valence electrons. The summed E-state index contributed by atoms with van der Waals surface area (Å²) < 4.78 is 12.1. The number of nitrogens with zero attached hydrogens (tertiary/aromatic N) is 1. The first-order valence-corrected chi connectivity index (χ1v) is 12.6. The molecule has 0 spiro atoms. The molecule has 4 nitrogen and oxygen atoms in total. The lowest BCUT2D eigenvalue weighted by Gasteiger charge is -2.35. The van der Waals surface area contributed by atoms with Crippen molar-refractivity contribution in [1.82, 2.24) is 4.90 Å². The van der Waals surface area contributed by atoms with Gasteiger partial charge in [0.25, 0.3) is 0 Å². The molecule has 2 aliphatic heterocycles. The maximum absolute atomic E-state index is 12.7. The Hall–Kier alpha value is -1.56. The van der Waals surface area contributed by atoms with E-state index in [2.05, 4.69) is 26.0 Å². The van der Waals surface area contributed by atoms with Gasteiger partial charge in [-0.25, -0.2) is 4.79 Å². The van der Waals surface area contributed by atoms with Gasteiger partial charge in [-0.1, -0.05) is 43.1 Å². The van der Waals surface area contributed by atoms with Crippen molar-refractivity contribution in [3.63, 3.8) is 0 Å². The Kier molecular flexibility index (Phi) is 6.63. The fourth-order valence-corrected chi connectivity index (χ4v) is 5.75. The van der Waals surface area contributed by atoms with Gasteiger partial charge in [0.1, 0.15) is 17.5 Å². The zero-order valence-electron chi connectivity index (χ0n) is 19.1. The Morgan fingerprint density at radius 3 is 2.62 bits per heavy atom. The van der Waals surface area contributed by atoms with Crippen molar-refractivity contribution < 1.29 is 14.3 Å². The highest BCUT2D eigenvalue weighted by atomic mass is 35.5. The standard InChI is InChI=1S/C25H29Cl2NO3S/c1-14(2)32-22-11-15(17-7-6-16(26)12-20(17)27)10-18-19-13-28(24(29)31-25(3,4)5)9-8-21(19)30-23(18)22/h6-7,10-12,14,19,21H,8-9,13H2,1-5H3. The quantitative estimate of drug-likeness (QED) is 0.411. The number of carbonyl (C=O) groups is 1. The molecule has 0 aliphatic carbocycles. The van der Waals surface area contributed by atoms with E-state index in [1.807, 2.05) is 37.8 Å². The van der Waals surface area contributed by atoms with E-state index in [1.54, 1.807) is 17.8 Å². The Bertz CT molecular complexity index is 1030. The van der Waals surface area contributed by atoms with Gasteiger partial charge in [-0.2, -0.15) is 0 Å². The number of hydrogen-bond acceptors (Lipinski definition) is 4. The second-order valence-corrected chi connectivity index (χ2v) is 12.1. The zero-order valence-corrected chi connectivity index (χ0v) is 21.4. The van der Waals surface area contributed by atoms with Crippen LogP contribution in [0.4, 0.5) is 4.79 Å². The van der Waals surface area contributed by atoms with Gasteiger partial charge in [0.05, 0.1) is 4.90 Å². The van der Waals surface area contributed by atoms with E-state index in [9.17, 15) is 4.79 Å². The molecule has 4 rings (SSSR count). The highest BCUT2D eigenvalue weighted by molar-refractivity contribution is 8.00. The molecule has 0 aromatic heterocycles. The normalized spacial score (nSPS) is 20.1. The van der Waals surface area contributed by atoms with Crippen LogP contribution < -0.4 is 4.74 Å². The number of fused-ring (bicyclic) bond motifs is 3. The molecule has 2 aliphatic rings. The number of piperidine rings is 1. The molecule has 0 N–H and O–H groups in total. The predicted octanol–water partition coefficient (Wildman–Crippen LogP) is 7.65. The summed E-state index contributed by atoms with van der Waals surface area (Å²) in [4.78, 5) is 15.6. The summed E-state index contributed by atoms with van der Waals surface area (Å²) in [7, 11) is 0. The third-order valence-corrected chi connectivity index (χ3v) is 7.13. The van der Waals surface area contributed by atoms with Crippen molar-refractivity contribution >= 4 is 41.1 Å². The fourth-order valence-electron chi connectivity index (χ4n) is 4.26. The van der Waals surface area contributed by atoms with Crippen LogP contribution in [0.2, 0.25) is 10.0 Å². The van der Waals surface area contributed by atoms with E-state index in [1.165, 1.54) is 0 Å². The molecule has 7 heteroatoms. The Labute approximate surface area is 204 Å². The van der Waals surface area contributed by atoms with Crippen LogP contribution in [0.3, 0.4) is 0 Å². The number of likely N-dealkylation sites (tertiary alicyclic amines) is 1. The van der Waals surface area contributed by atoms with Crippen molar-refractivity contribution in [2.24, 2.45) is 0 Å². The van der Waals surface area contributed by atoms with Gasteiger partial charge in [0.15, 0.2) is 0 Å². The van der Waals surface area contributed by atoms with E-state index in [0.29, 0.717) is 28.4 Å². The lowest BCUT2D eigenvalue weighted by atomic mass is 9.88. The number of carbonyl (C=O) groups excluding carboxylic acids is 1. The molecule has 1 saturated heterocycles. The highest BCUT2D eigenvalue weighted by Crippen LogP contribution is 2.50. The summed E-state index contributed by atoms with van der Waals surface area (Å²) in [6.45, 7) is 11.2. The number of benzene rings is 2. The van der Waals surface area contributed by atoms with Gasteiger partial charge in [0.2, 0.25) is 0 Å². The first kappa shape index (κ1) is 23.6. The van der Waals surface area contributed by atoms with Gasteiger partial charge >= 0.3 is 6.09 Å². The van der Waals surface area contributed by atoms with Crippen molar-refractivity contribution in [2.75, 3.05) is 13.1 Å². The van der Waals surface area contributed by atoms with Crippen molar-refractivity contribution in [3.05, 3.63) is 45.9 Å². The van der Waals surface area contributed by atoms with Gasteiger partial charge in [-0.05, 0) is 50.6 Å². The second kappa shape index (κ2) is 9.00. The molecule has 2 unspecified atom stereocenters. The number of ether oxygens (including phenoxy) is 2. The highest BCUT2D eigenvalue weighted by Gasteiger charge is 2.42. The molecule has 2 atom stereocenters. The van der Waals surface area contributed by atoms with E-state index in [0.717, 1.165) is 33.8 Å². The van der Waals surface area contributed by atoms with Gasteiger partial charge in [0, 0.05) is 51.9 Å². The van der Waals surface area contributed by atoms with E-state index in [4.69, 9.17) is 32.7 Å². The van der Waals surface area contributed by atoms with E-state index >= 15 is 0 Å². The monoisotopic (exact) mass is 493 g/mol. The molecule has 1 fully saturated rings. The summed E-state index contributed by atoms with van der Waals surface area (Å²) in [5, 5.41) is 1.63.